The van der Waals surface area contributed by atoms with Gasteiger partial charge >= 0.3 is 23.4 Å². The summed E-state index contributed by atoms with van der Waals surface area (Å²) >= 11 is 0. The van der Waals surface area contributed by atoms with Crippen LogP contribution in [0.3, 0.4) is 0 Å². The topological polar surface area (TPSA) is 172 Å². The Balaban J connectivity index is 1.95. The fourth-order valence-electron chi connectivity index (χ4n) is 4.12. The van der Waals surface area contributed by atoms with E-state index in [0.29, 0.717) is 19.2 Å². The molecule has 2 atom stereocenters. The van der Waals surface area contributed by atoms with Crippen molar-refractivity contribution in [2.75, 3.05) is 19.6 Å². The summed E-state index contributed by atoms with van der Waals surface area (Å²) in [6.45, 7) is 14.0. The first-order chi connectivity index (χ1) is 16.3. The molecule has 0 saturated carbocycles. The molecule has 2 heterocycles. The monoisotopic (exact) mass is 530 g/mol. The maximum absolute atomic E-state index is 12.9. The van der Waals surface area contributed by atoms with E-state index in [1.54, 1.807) is 27.7 Å². The van der Waals surface area contributed by atoms with Gasteiger partial charge in [0.2, 0.25) is 0 Å². The second kappa shape index (κ2) is 10.7. The quantitative estimate of drug-likeness (QED) is 0.200. The lowest BCUT2D eigenvalue weighted by Crippen LogP contribution is -2.47. The summed E-state index contributed by atoms with van der Waals surface area (Å²) in [5.74, 6) is -1.20. The number of azide groups is 1. The number of rotatable bonds is 9. The molecule has 2 N–H and O–H groups in total. The Morgan fingerprint density at radius 3 is 2.31 bits per heavy atom. The molecule has 0 radical (unpaired) electrons. The van der Waals surface area contributed by atoms with Gasteiger partial charge in [-0.2, -0.15) is 12.7 Å². The SMILES string of the molecule is CC(C)(C)OC(=O)NCC(=O)NS(=O)(=O)N1C[C@H](CCCB2OC(C)(C)C(C)(C)O2)C(C)(N=[N+]=[N-])C1. The minimum atomic E-state index is -4.23. The summed E-state index contributed by atoms with van der Waals surface area (Å²) in [5, 5.41) is 6.11. The number of alkyl carbamates (subject to hydrolysis) is 1. The summed E-state index contributed by atoms with van der Waals surface area (Å²) < 4.78 is 45.8. The van der Waals surface area contributed by atoms with Gasteiger partial charge < -0.3 is 19.4 Å². The van der Waals surface area contributed by atoms with Gasteiger partial charge in [-0.3, -0.25) is 4.79 Å². The molecule has 36 heavy (non-hydrogen) atoms. The molecule has 0 aromatic heterocycles. The minimum Gasteiger partial charge on any atom is -0.444 e. The van der Waals surface area contributed by atoms with Crippen LogP contribution in [0.2, 0.25) is 6.32 Å². The summed E-state index contributed by atoms with van der Waals surface area (Å²) in [6, 6.07) is 0. The van der Waals surface area contributed by atoms with Crippen molar-refractivity contribution in [3.8, 4) is 0 Å². The standard InChI is InChI=1S/C21H39BN6O7S/c1-18(2,3)33-17(30)24-12-16(29)25-36(31,32)28-13-15(21(8,14-28)26-27-23)10-9-11-22-34-19(4,5)20(6,7)35-22/h15H,9-14H2,1-8H3,(H,24,30)(H,25,29)/t15-,21?/m0/s1. The van der Waals surface area contributed by atoms with Crippen LogP contribution < -0.4 is 10.0 Å². The molecular weight excluding hydrogens is 491 g/mol. The summed E-state index contributed by atoms with van der Waals surface area (Å²) in [7, 11) is -4.60. The van der Waals surface area contributed by atoms with Crippen LogP contribution in [-0.2, 0) is 29.0 Å². The average molecular weight is 530 g/mol. The van der Waals surface area contributed by atoms with E-state index in [1.807, 2.05) is 32.4 Å². The molecule has 0 aliphatic carbocycles. The van der Waals surface area contributed by atoms with E-state index in [-0.39, 0.29) is 26.1 Å². The van der Waals surface area contributed by atoms with E-state index < -0.39 is 51.1 Å². The van der Waals surface area contributed by atoms with Crippen molar-refractivity contribution < 1.29 is 32.1 Å². The largest absolute Gasteiger partial charge is 0.457 e. The number of ether oxygens (including phenoxy) is 1. The van der Waals surface area contributed by atoms with Crippen LogP contribution in [0, 0.1) is 5.92 Å². The van der Waals surface area contributed by atoms with Crippen LogP contribution >= 0.6 is 0 Å². The maximum atomic E-state index is 12.9. The molecule has 2 aliphatic heterocycles. The van der Waals surface area contributed by atoms with E-state index in [1.165, 1.54) is 0 Å². The molecule has 1 unspecified atom stereocenters. The van der Waals surface area contributed by atoms with E-state index >= 15 is 0 Å². The van der Waals surface area contributed by atoms with Gasteiger partial charge in [0.15, 0.2) is 0 Å². The van der Waals surface area contributed by atoms with Gasteiger partial charge in [-0.05, 0) is 72.7 Å². The molecule has 0 aromatic carbocycles. The maximum Gasteiger partial charge on any atom is 0.457 e. The zero-order valence-electron chi connectivity index (χ0n) is 22.5. The number of nitrogens with zero attached hydrogens (tertiary/aromatic N) is 4. The Morgan fingerprint density at radius 2 is 1.78 bits per heavy atom. The van der Waals surface area contributed by atoms with E-state index in [0.717, 1.165) is 4.31 Å². The third kappa shape index (κ3) is 7.72. The zero-order chi connectivity index (χ0) is 27.6. The van der Waals surface area contributed by atoms with E-state index in [9.17, 15) is 18.0 Å². The molecule has 15 heteroatoms. The highest BCUT2D eigenvalue weighted by molar-refractivity contribution is 7.87. The highest BCUT2D eigenvalue weighted by atomic mass is 32.2. The molecule has 0 bridgehead atoms. The Hall–Kier alpha value is -2.06. The van der Waals surface area contributed by atoms with Crippen molar-refractivity contribution in [3.63, 3.8) is 0 Å². The van der Waals surface area contributed by atoms with Gasteiger partial charge in [0, 0.05) is 18.0 Å². The molecule has 2 amide bonds. The molecule has 13 nitrogen and oxygen atoms in total. The van der Waals surface area contributed by atoms with E-state index in [2.05, 4.69) is 15.3 Å². The average Bonchev–Trinajstić information content (AvgIpc) is 3.11. The molecule has 2 aliphatic rings. The van der Waals surface area contributed by atoms with Crippen LogP contribution in [-0.4, -0.2) is 73.8 Å². The summed E-state index contributed by atoms with van der Waals surface area (Å²) in [4.78, 5) is 26.8. The Labute approximate surface area is 213 Å². The molecule has 0 spiro atoms. The van der Waals surface area contributed by atoms with Crippen molar-refractivity contribution in [2.45, 2.75) is 96.9 Å². The number of hydrogen-bond donors (Lipinski definition) is 2. The van der Waals surface area contributed by atoms with Crippen LogP contribution in [0.5, 0.6) is 0 Å². The fraction of sp³-hybridized carbons (Fsp3) is 0.905. The zero-order valence-corrected chi connectivity index (χ0v) is 23.3. The van der Waals surface area contributed by atoms with Crippen molar-refractivity contribution in [1.82, 2.24) is 14.3 Å². The summed E-state index contributed by atoms with van der Waals surface area (Å²) in [5.41, 5.74) is 6.46. The number of amides is 2. The van der Waals surface area contributed by atoms with Crippen molar-refractivity contribution in [3.05, 3.63) is 10.4 Å². The highest BCUT2D eigenvalue weighted by Gasteiger charge is 2.51. The van der Waals surface area contributed by atoms with Gasteiger partial charge in [-0.15, -0.1) is 0 Å². The predicted octanol–water partition coefficient (Wildman–Crippen LogP) is 2.75. The van der Waals surface area contributed by atoms with Gasteiger partial charge in [0.25, 0.3) is 5.91 Å². The smallest absolute Gasteiger partial charge is 0.444 e. The second-order valence-corrected chi connectivity index (χ2v) is 13.2. The van der Waals surface area contributed by atoms with Crippen molar-refractivity contribution in [2.24, 2.45) is 11.0 Å². The lowest BCUT2D eigenvalue weighted by atomic mass is 9.78. The first-order valence-corrected chi connectivity index (χ1v) is 13.4. The van der Waals surface area contributed by atoms with Gasteiger partial charge in [-0.25, -0.2) is 9.52 Å². The first-order valence-electron chi connectivity index (χ1n) is 12.0. The first kappa shape index (κ1) is 30.2. The van der Waals surface area contributed by atoms with Crippen molar-refractivity contribution >= 4 is 29.3 Å². The van der Waals surface area contributed by atoms with Gasteiger partial charge in [0.05, 0.1) is 16.7 Å². The molecule has 0 aromatic rings. The second-order valence-electron chi connectivity index (χ2n) is 11.5. The molecular formula is C21H39BN6O7S. The molecule has 2 rings (SSSR count). The lowest BCUT2D eigenvalue weighted by molar-refractivity contribution is -0.118. The van der Waals surface area contributed by atoms with E-state index in [4.69, 9.17) is 19.6 Å². The van der Waals surface area contributed by atoms with Crippen molar-refractivity contribution in [1.29, 1.82) is 0 Å². The normalized spacial score (nSPS) is 25.8. The Kier molecular flexibility index (Phi) is 9.00. The predicted molar refractivity (Wildman–Crippen MR) is 134 cm³/mol. The Morgan fingerprint density at radius 1 is 1.19 bits per heavy atom. The molecule has 204 valence electrons. The third-order valence-corrected chi connectivity index (χ3v) is 8.19. The summed E-state index contributed by atoms with van der Waals surface area (Å²) in [6.07, 6.45) is 1.00. The number of hydrogen-bond acceptors (Lipinski definition) is 8. The fourth-order valence-corrected chi connectivity index (χ4v) is 5.42. The van der Waals surface area contributed by atoms with Gasteiger partial charge in [0.1, 0.15) is 12.1 Å². The number of carbonyl (C=O) groups excluding carboxylic acids is 2. The molecule has 2 fully saturated rings. The number of carbonyl (C=O) groups is 2. The molecule has 2 saturated heterocycles. The van der Waals surface area contributed by atoms with Crippen LogP contribution in [0.15, 0.2) is 5.11 Å². The highest BCUT2D eigenvalue weighted by Crippen LogP contribution is 2.40. The minimum absolute atomic E-state index is 0.0704. The van der Waals surface area contributed by atoms with Crippen LogP contribution in [0.1, 0.15) is 68.2 Å². The third-order valence-electron chi connectivity index (χ3n) is 6.74. The van der Waals surface area contributed by atoms with Crippen LogP contribution in [0.25, 0.3) is 10.4 Å². The van der Waals surface area contributed by atoms with Crippen LogP contribution in [0.4, 0.5) is 4.79 Å². The number of nitrogens with one attached hydrogen (secondary N) is 2. The lowest BCUT2D eigenvalue weighted by Gasteiger charge is -2.32. The Bertz CT molecular complexity index is 977. The van der Waals surface area contributed by atoms with Gasteiger partial charge in [-0.1, -0.05) is 18.5 Å².